The Hall–Kier alpha value is -3.55. The van der Waals surface area contributed by atoms with Gasteiger partial charge in [0.1, 0.15) is 19.8 Å². The van der Waals surface area contributed by atoms with Gasteiger partial charge in [0.2, 0.25) is 0 Å². The summed E-state index contributed by atoms with van der Waals surface area (Å²) >= 11 is 0. The summed E-state index contributed by atoms with van der Waals surface area (Å²) in [6.45, 7) is 0.749. The van der Waals surface area contributed by atoms with E-state index in [1.807, 2.05) is 60.7 Å². The van der Waals surface area contributed by atoms with Crippen LogP contribution in [0, 0.1) is 0 Å². The van der Waals surface area contributed by atoms with Crippen molar-refractivity contribution in [2.45, 2.75) is 26.1 Å². The van der Waals surface area contributed by atoms with E-state index < -0.39 is 18.1 Å². The van der Waals surface area contributed by atoms with Crippen molar-refractivity contribution in [3.05, 3.63) is 71.8 Å². The van der Waals surface area contributed by atoms with Crippen molar-refractivity contribution in [2.75, 3.05) is 19.6 Å². The number of hydrogen-bond acceptors (Lipinski definition) is 5. The average Bonchev–Trinajstić information content (AvgIpc) is 2.81. The molecule has 1 fully saturated rings. The first kappa shape index (κ1) is 21.2. The molecule has 0 spiro atoms. The summed E-state index contributed by atoms with van der Waals surface area (Å²) in [6, 6.07) is 18.6. The van der Waals surface area contributed by atoms with E-state index in [0.29, 0.717) is 13.1 Å². The fraction of sp³-hybridized carbons (Fsp3) is 0.318. The molecule has 158 valence electrons. The van der Waals surface area contributed by atoms with Crippen LogP contribution in [0.4, 0.5) is 9.59 Å². The molecule has 0 aromatic heterocycles. The summed E-state index contributed by atoms with van der Waals surface area (Å²) in [6.07, 6.45) is 0.268. The zero-order valence-electron chi connectivity index (χ0n) is 16.7. The molecule has 30 heavy (non-hydrogen) atoms. The molecule has 1 N–H and O–H groups in total. The van der Waals surface area contributed by atoms with Crippen molar-refractivity contribution in [1.29, 1.82) is 0 Å². The zero-order valence-corrected chi connectivity index (χ0v) is 16.7. The predicted molar refractivity (Wildman–Crippen MR) is 109 cm³/mol. The lowest BCUT2D eigenvalue weighted by Crippen LogP contribution is -2.55. The lowest BCUT2D eigenvalue weighted by molar-refractivity contribution is -0.148. The van der Waals surface area contributed by atoms with Crippen molar-refractivity contribution in [1.82, 2.24) is 15.3 Å². The first-order chi connectivity index (χ1) is 14.6. The molecule has 0 bridgehead atoms. The van der Waals surface area contributed by atoms with Crippen LogP contribution in [0.25, 0.3) is 0 Å². The number of alkyl carbamates (subject to hydrolysis) is 1. The third-order valence-corrected chi connectivity index (χ3v) is 4.58. The van der Waals surface area contributed by atoms with Gasteiger partial charge in [-0.05, 0) is 24.0 Å². The molecular weight excluding hydrogens is 386 g/mol. The Morgan fingerprint density at radius 1 is 0.767 bits per heavy atom. The zero-order chi connectivity index (χ0) is 21.2. The Morgan fingerprint density at radius 3 is 1.90 bits per heavy atom. The van der Waals surface area contributed by atoms with Crippen molar-refractivity contribution in [2.24, 2.45) is 0 Å². The number of benzene rings is 2. The van der Waals surface area contributed by atoms with Gasteiger partial charge in [-0.15, -0.1) is 0 Å². The summed E-state index contributed by atoms with van der Waals surface area (Å²) in [4.78, 5) is 36.9. The van der Waals surface area contributed by atoms with Crippen molar-refractivity contribution >= 4 is 18.1 Å². The number of amides is 3. The van der Waals surface area contributed by atoms with Crippen molar-refractivity contribution < 1.29 is 23.9 Å². The van der Waals surface area contributed by atoms with Gasteiger partial charge in [0, 0.05) is 13.1 Å². The van der Waals surface area contributed by atoms with Gasteiger partial charge in [-0.3, -0.25) is 4.79 Å². The van der Waals surface area contributed by atoms with Gasteiger partial charge in [-0.2, -0.15) is 0 Å². The van der Waals surface area contributed by atoms with E-state index in [1.165, 1.54) is 10.0 Å². The minimum Gasteiger partial charge on any atom is -0.445 e. The van der Waals surface area contributed by atoms with E-state index >= 15 is 0 Å². The number of carbonyl (C=O) groups excluding carboxylic acids is 3. The van der Waals surface area contributed by atoms with Gasteiger partial charge < -0.3 is 14.8 Å². The van der Waals surface area contributed by atoms with Crippen LogP contribution in [-0.2, 0) is 27.5 Å². The van der Waals surface area contributed by atoms with Crippen LogP contribution >= 0.6 is 0 Å². The van der Waals surface area contributed by atoms with Crippen LogP contribution in [0.15, 0.2) is 60.7 Å². The third kappa shape index (κ3) is 6.23. The molecule has 3 rings (SSSR count). The Bertz CT molecular complexity index is 844. The van der Waals surface area contributed by atoms with Gasteiger partial charge in [0.25, 0.3) is 5.91 Å². The highest BCUT2D eigenvalue weighted by atomic mass is 16.6. The van der Waals surface area contributed by atoms with Crippen LogP contribution in [0.1, 0.15) is 24.0 Å². The average molecular weight is 411 g/mol. The highest BCUT2D eigenvalue weighted by molar-refractivity contribution is 5.84. The number of hydrazine groups is 1. The predicted octanol–water partition coefficient (Wildman–Crippen LogP) is 3.09. The Morgan fingerprint density at radius 2 is 1.30 bits per heavy atom. The molecule has 8 heteroatoms. The summed E-state index contributed by atoms with van der Waals surface area (Å²) in [7, 11) is 0. The second kappa shape index (κ2) is 10.8. The van der Waals surface area contributed by atoms with E-state index in [0.717, 1.165) is 24.0 Å². The highest BCUT2D eigenvalue weighted by Crippen LogP contribution is 2.14. The second-order valence-corrected chi connectivity index (χ2v) is 6.80. The molecule has 2 aromatic rings. The largest absolute Gasteiger partial charge is 0.445 e. The molecule has 8 nitrogen and oxygen atoms in total. The van der Waals surface area contributed by atoms with Crippen LogP contribution < -0.4 is 5.32 Å². The maximum Gasteiger partial charge on any atom is 0.429 e. The molecule has 2 aromatic carbocycles. The Kier molecular flexibility index (Phi) is 7.65. The summed E-state index contributed by atoms with van der Waals surface area (Å²) < 4.78 is 10.4. The van der Waals surface area contributed by atoms with E-state index in [4.69, 9.17) is 9.47 Å². The van der Waals surface area contributed by atoms with Gasteiger partial charge >= 0.3 is 12.2 Å². The van der Waals surface area contributed by atoms with E-state index in [-0.39, 0.29) is 19.8 Å². The maximum absolute atomic E-state index is 12.6. The molecule has 0 aliphatic carbocycles. The summed E-state index contributed by atoms with van der Waals surface area (Å²) in [5.74, 6) is -0.400. The number of ether oxygens (including phenoxy) is 2. The number of hydrogen-bond donors (Lipinski definition) is 1. The monoisotopic (exact) mass is 411 g/mol. The topological polar surface area (TPSA) is 88.2 Å². The van der Waals surface area contributed by atoms with Crippen LogP contribution in [0.3, 0.4) is 0 Å². The van der Waals surface area contributed by atoms with Gasteiger partial charge in [0.05, 0.1) is 0 Å². The fourth-order valence-corrected chi connectivity index (χ4v) is 3.02. The van der Waals surface area contributed by atoms with Crippen LogP contribution in [0.2, 0.25) is 0 Å². The second-order valence-electron chi connectivity index (χ2n) is 6.80. The van der Waals surface area contributed by atoms with Gasteiger partial charge in [0.15, 0.2) is 0 Å². The van der Waals surface area contributed by atoms with Crippen LogP contribution in [-0.4, -0.2) is 47.7 Å². The third-order valence-electron chi connectivity index (χ3n) is 4.58. The van der Waals surface area contributed by atoms with E-state index in [9.17, 15) is 14.4 Å². The number of nitrogens with one attached hydrogen (secondary N) is 1. The smallest absolute Gasteiger partial charge is 0.429 e. The normalized spacial score (nSPS) is 13.5. The van der Waals surface area contributed by atoms with Crippen LogP contribution in [0.5, 0.6) is 0 Å². The number of nitrogens with zero attached hydrogens (tertiary/aromatic N) is 2. The molecule has 0 radical (unpaired) electrons. The summed E-state index contributed by atoms with van der Waals surface area (Å²) in [5, 5.41) is 5.06. The molecule has 0 unspecified atom stereocenters. The maximum atomic E-state index is 12.6. The number of carbonyl (C=O) groups is 3. The van der Waals surface area contributed by atoms with E-state index in [2.05, 4.69) is 5.32 Å². The standard InChI is InChI=1S/C22H25N3O5/c26-20(15-23-21(27)29-16-18-9-3-1-4-10-18)24-13-7-8-14-25(24)22(28)30-17-19-11-5-2-6-12-19/h1-6,9-12H,7-8,13-17H2,(H,23,27). The molecule has 0 saturated carbocycles. The molecule has 0 atom stereocenters. The number of rotatable bonds is 6. The quantitative estimate of drug-likeness (QED) is 0.789. The van der Waals surface area contributed by atoms with Crippen molar-refractivity contribution in [3.63, 3.8) is 0 Å². The first-order valence-corrected chi connectivity index (χ1v) is 9.86. The fourth-order valence-electron chi connectivity index (χ4n) is 3.02. The lowest BCUT2D eigenvalue weighted by atomic mass is 10.2. The summed E-state index contributed by atoms with van der Waals surface area (Å²) in [5.41, 5.74) is 1.71. The molecular formula is C22H25N3O5. The molecule has 1 heterocycles. The Labute approximate surface area is 175 Å². The van der Waals surface area contributed by atoms with Gasteiger partial charge in [-0.25, -0.2) is 19.6 Å². The van der Waals surface area contributed by atoms with E-state index in [1.54, 1.807) is 0 Å². The van der Waals surface area contributed by atoms with Crippen molar-refractivity contribution in [3.8, 4) is 0 Å². The Balaban J connectivity index is 1.46. The van der Waals surface area contributed by atoms with Gasteiger partial charge in [-0.1, -0.05) is 60.7 Å². The molecule has 1 aliphatic rings. The lowest BCUT2D eigenvalue weighted by Gasteiger charge is -2.37. The minimum absolute atomic E-state index is 0.114. The molecule has 1 saturated heterocycles. The minimum atomic E-state index is -0.692. The first-order valence-electron chi connectivity index (χ1n) is 9.86. The molecule has 1 aliphatic heterocycles. The molecule has 3 amide bonds. The SMILES string of the molecule is O=C(NCC(=O)N1CCCCN1C(=O)OCc1ccccc1)OCc1ccccc1. The highest BCUT2D eigenvalue weighted by Gasteiger charge is 2.30.